The molecule has 96 valence electrons. The van der Waals surface area contributed by atoms with E-state index in [4.69, 9.17) is 4.74 Å². The van der Waals surface area contributed by atoms with Gasteiger partial charge in [-0.3, -0.25) is 0 Å². The first-order chi connectivity index (χ1) is 9.38. The number of rotatable bonds is 4. The number of nitrogens with two attached hydrogens (primary N) is 1. The Balaban J connectivity index is 1.76. The van der Waals surface area contributed by atoms with Gasteiger partial charge in [-0.2, -0.15) is 0 Å². The maximum atomic E-state index is 5.13. The van der Waals surface area contributed by atoms with Crippen LogP contribution < -0.4 is 10.1 Å². The van der Waals surface area contributed by atoms with Crippen LogP contribution in [0.4, 0.5) is 0 Å². The number of hydrogen-bond donors (Lipinski definition) is 1. The Bertz CT molecular complexity index is 549. The second kappa shape index (κ2) is 7.25. The van der Waals surface area contributed by atoms with Gasteiger partial charge in [-0.15, -0.1) is 0 Å². The van der Waals surface area contributed by atoms with Gasteiger partial charge >= 0.3 is 0 Å². The third-order valence-corrected chi connectivity index (χ3v) is 2.79. The topological polar surface area (TPSA) is 25.8 Å². The highest BCUT2D eigenvalue weighted by molar-refractivity contribution is 5.33. The second-order valence-electron chi connectivity index (χ2n) is 4.21. The molecule has 0 unspecified atom stereocenters. The molecule has 0 aliphatic carbocycles. The third kappa shape index (κ3) is 4.50. The van der Waals surface area contributed by atoms with Crippen molar-refractivity contribution in [2.24, 2.45) is 0 Å². The first-order valence-electron chi connectivity index (χ1n) is 6.37. The van der Waals surface area contributed by atoms with Gasteiger partial charge < -0.3 is 10.1 Å². The van der Waals surface area contributed by atoms with Gasteiger partial charge in [-0.05, 0) is 42.3 Å². The average molecular weight is 252 g/mol. The second-order valence-corrected chi connectivity index (χ2v) is 4.21. The number of ether oxygens (including phenoxy) is 1. The quantitative estimate of drug-likeness (QED) is 0.652. The molecule has 2 nitrogen and oxygen atoms in total. The fourth-order valence-corrected chi connectivity index (χ4v) is 1.75. The molecule has 2 heteroatoms. The van der Waals surface area contributed by atoms with Crippen LogP contribution in [-0.4, -0.2) is 13.7 Å². The van der Waals surface area contributed by atoms with Crippen LogP contribution >= 0.6 is 0 Å². The summed E-state index contributed by atoms with van der Waals surface area (Å²) >= 11 is 0. The van der Waals surface area contributed by atoms with E-state index in [1.54, 1.807) is 7.11 Å². The van der Waals surface area contributed by atoms with Crippen LogP contribution in [0.1, 0.15) is 11.1 Å². The van der Waals surface area contributed by atoms with Crippen LogP contribution in [0.3, 0.4) is 0 Å². The zero-order chi connectivity index (χ0) is 13.3. The number of hydrogen-bond acceptors (Lipinski definition) is 1. The molecule has 0 saturated carbocycles. The normalized spacial score (nSPS) is 9.53. The molecule has 0 radical (unpaired) electrons. The SMILES string of the molecule is COc1ccc(C[NH2+]CC#Cc2ccccc2)cc1. The van der Waals surface area contributed by atoms with E-state index in [1.807, 2.05) is 42.5 Å². The Labute approximate surface area is 114 Å². The minimum absolute atomic E-state index is 0.806. The fourth-order valence-electron chi connectivity index (χ4n) is 1.75. The maximum Gasteiger partial charge on any atom is 0.138 e. The molecule has 0 amide bonds. The Morgan fingerprint density at radius 2 is 1.74 bits per heavy atom. The average Bonchev–Trinajstić information content (AvgIpc) is 2.49. The predicted octanol–water partition coefficient (Wildman–Crippen LogP) is 1.81. The lowest BCUT2D eigenvalue weighted by molar-refractivity contribution is -0.660. The molecule has 0 atom stereocenters. The molecule has 19 heavy (non-hydrogen) atoms. The van der Waals surface area contributed by atoms with Crippen LogP contribution in [0.25, 0.3) is 0 Å². The third-order valence-electron chi connectivity index (χ3n) is 2.79. The zero-order valence-corrected chi connectivity index (χ0v) is 11.1. The Morgan fingerprint density at radius 3 is 2.42 bits per heavy atom. The van der Waals surface area contributed by atoms with Crippen molar-refractivity contribution in [3.05, 3.63) is 65.7 Å². The minimum Gasteiger partial charge on any atom is -0.497 e. The van der Waals surface area contributed by atoms with E-state index in [9.17, 15) is 0 Å². The Morgan fingerprint density at radius 1 is 1.00 bits per heavy atom. The molecule has 0 heterocycles. The zero-order valence-electron chi connectivity index (χ0n) is 11.1. The van der Waals surface area contributed by atoms with Crippen LogP contribution in [-0.2, 0) is 6.54 Å². The van der Waals surface area contributed by atoms with E-state index >= 15 is 0 Å². The highest BCUT2D eigenvalue weighted by atomic mass is 16.5. The number of benzene rings is 2. The molecule has 0 spiro atoms. The summed E-state index contributed by atoms with van der Waals surface area (Å²) in [6, 6.07) is 18.2. The first kappa shape index (κ1) is 13.2. The van der Waals surface area contributed by atoms with Gasteiger partial charge in [-0.25, -0.2) is 0 Å². The molecular formula is C17H18NO+. The molecule has 2 aromatic carbocycles. The van der Waals surface area contributed by atoms with Crippen molar-refractivity contribution in [2.45, 2.75) is 6.54 Å². The van der Waals surface area contributed by atoms with Crippen LogP contribution in [0.2, 0.25) is 0 Å². The molecule has 0 aliphatic heterocycles. The van der Waals surface area contributed by atoms with E-state index in [1.165, 1.54) is 5.56 Å². The number of methoxy groups -OCH3 is 1. The summed E-state index contributed by atoms with van der Waals surface area (Å²) in [7, 11) is 1.68. The van der Waals surface area contributed by atoms with Crippen molar-refractivity contribution < 1.29 is 10.1 Å². The highest BCUT2D eigenvalue weighted by Crippen LogP contribution is 2.09. The Kier molecular flexibility index (Phi) is 5.04. The van der Waals surface area contributed by atoms with Crippen LogP contribution in [0.5, 0.6) is 5.75 Å². The summed E-state index contributed by atoms with van der Waals surface area (Å²) < 4.78 is 5.13. The van der Waals surface area contributed by atoms with Crippen LogP contribution in [0.15, 0.2) is 54.6 Å². The van der Waals surface area contributed by atoms with Crippen LogP contribution in [0, 0.1) is 11.8 Å². The lowest BCUT2D eigenvalue weighted by Gasteiger charge is -2.01. The van der Waals surface area contributed by atoms with E-state index in [2.05, 4.69) is 29.3 Å². The van der Waals surface area contributed by atoms with E-state index < -0.39 is 0 Å². The van der Waals surface area contributed by atoms with Gasteiger partial charge in [0, 0.05) is 11.1 Å². The van der Waals surface area contributed by atoms with Crippen molar-refractivity contribution in [3.63, 3.8) is 0 Å². The molecular weight excluding hydrogens is 234 g/mol. The van der Waals surface area contributed by atoms with E-state index in [0.29, 0.717) is 0 Å². The molecule has 0 bridgehead atoms. The van der Waals surface area contributed by atoms with Gasteiger partial charge in [0.15, 0.2) is 0 Å². The molecule has 2 rings (SSSR count). The molecule has 0 aromatic heterocycles. The summed E-state index contributed by atoms with van der Waals surface area (Å²) in [5.74, 6) is 7.21. The summed E-state index contributed by atoms with van der Waals surface area (Å²) in [4.78, 5) is 0. The Hall–Kier alpha value is -2.24. The van der Waals surface area contributed by atoms with Gasteiger partial charge in [0.2, 0.25) is 0 Å². The fraction of sp³-hybridized carbons (Fsp3) is 0.176. The summed E-state index contributed by atoms with van der Waals surface area (Å²) in [5, 5.41) is 2.19. The van der Waals surface area contributed by atoms with Gasteiger partial charge in [-0.1, -0.05) is 24.1 Å². The maximum absolute atomic E-state index is 5.13. The van der Waals surface area contributed by atoms with Gasteiger partial charge in [0.25, 0.3) is 0 Å². The lowest BCUT2D eigenvalue weighted by atomic mass is 10.2. The van der Waals surface area contributed by atoms with Crippen molar-refractivity contribution in [2.75, 3.05) is 13.7 Å². The standard InChI is InChI=1S/C17H17NO/c1-19-17-11-9-16(10-12-17)14-18-13-5-8-15-6-3-2-4-7-15/h2-4,6-7,9-12,18H,13-14H2,1H3/p+1. The molecule has 0 fully saturated rings. The summed E-state index contributed by atoms with van der Waals surface area (Å²) in [6.07, 6.45) is 0. The summed E-state index contributed by atoms with van der Waals surface area (Å²) in [5.41, 5.74) is 2.35. The molecule has 2 N–H and O–H groups in total. The van der Waals surface area contributed by atoms with Gasteiger partial charge in [0.1, 0.15) is 18.8 Å². The van der Waals surface area contributed by atoms with Crippen molar-refractivity contribution in [1.82, 2.24) is 0 Å². The minimum atomic E-state index is 0.806. The highest BCUT2D eigenvalue weighted by Gasteiger charge is 1.95. The lowest BCUT2D eigenvalue weighted by Crippen LogP contribution is -2.82. The number of quaternary nitrogens is 1. The van der Waals surface area contributed by atoms with Crippen molar-refractivity contribution in [1.29, 1.82) is 0 Å². The van der Waals surface area contributed by atoms with Crippen molar-refractivity contribution in [3.8, 4) is 17.6 Å². The largest absolute Gasteiger partial charge is 0.497 e. The predicted molar refractivity (Wildman–Crippen MR) is 76.8 cm³/mol. The summed E-state index contributed by atoms with van der Waals surface area (Å²) in [6.45, 7) is 1.74. The van der Waals surface area contributed by atoms with E-state index in [0.717, 1.165) is 24.4 Å². The monoisotopic (exact) mass is 252 g/mol. The first-order valence-corrected chi connectivity index (χ1v) is 6.37. The van der Waals surface area contributed by atoms with Crippen molar-refractivity contribution >= 4 is 0 Å². The smallest absolute Gasteiger partial charge is 0.138 e. The molecule has 0 aliphatic rings. The molecule has 2 aromatic rings. The van der Waals surface area contributed by atoms with E-state index in [-0.39, 0.29) is 0 Å². The van der Waals surface area contributed by atoms with Gasteiger partial charge in [0.05, 0.1) is 7.11 Å². The molecule has 0 saturated heterocycles.